The lowest BCUT2D eigenvalue weighted by Gasteiger charge is -2.34. The number of nitrogens with zero attached hydrogens (tertiary/aromatic N) is 4. The molecule has 3 heterocycles. The van der Waals surface area contributed by atoms with Crippen LogP contribution in [-0.2, 0) is 4.74 Å². The van der Waals surface area contributed by atoms with Gasteiger partial charge in [-0.25, -0.2) is 9.50 Å². The van der Waals surface area contributed by atoms with Crippen LogP contribution in [0.5, 0.6) is 0 Å². The lowest BCUT2D eigenvalue weighted by molar-refractivity contribution is -0.00527. The summed E-state index contributed by atoms with van der Waals surface area (Å²) in [6.45, 7) is 8.00. The van der Waals surface area contributed by atoms with E-state index in [1.165, 1.54) is 0 Å². The molecular formula is C11H16N4OS. The van der Waals surface area contributed by atoms with Crippen molar-refractivity contribution < 1.29 is 4.74 Å². The molecule has 1 saturated heterocycles. The van der Waals surface area contributed by atoms with Gasteiger partial charge < -0.3 is 9.64 Å². The van der Waals surface area contributed by atoms with E-state index in [1.54, 1.807) is 11.3 Å². The Balaban J connectivity index is 1.89. The van der Waals surface area contributed by atoms with Crippen molar-refractivity contribution in [3.63, 3.8) is 0 Å². The third kappa shape index (κ3) is 2.02. The van der Waals surface area contributed by atoms with Gasteiger partial charge in [-0.05, 0) is 20.8 Å². The molecule has 0 bridgehead atoms. The monoisotopic (exact) mass is 252 g/mol. The first-order valence-electron chi connectivity index (χ1n) is 5.85. The minimum absolute atomic E-state index is 0.261. The first kappa shape index (κ1) is 11.0. The van der Waals surface area contributed by atoms with Crippen molar-refractivity contribution in [2.75, 3.05) is 18.0 Å². The zero-order valence-electron chi connectivity index (χ0n) is 10.3. The van der Waals surface area contributed by atoms with Gasteiger partial charge in [-0.3, -0.25) is 0 Å². The van der Waals surface area contributed by atoms with Crippen molar-refractivity contribution in [2.45, 2.75) is 33.0 Å². The van der Waals surface area contributed by atoms with Gasteiger partial charge in [0.15, 0.2) is 0 Å². The van der Waals surface area contributed by atoms with Crippen LogP contribution >= 0.6 is 11.3 Å². The quantitative estimate of drug-likeness (QED) is 0.775. The highest BCUT2D eigenvalue weighted by Gasteiger charge is 2.24. The van der Waals surface area contributed by atoms with Gasteiger partial charge in [-0.15, -0.1) is 5.10 Å². The largest absolute Gasteiger partial charge is 0.372 e. The second-order valence-corrected chi connectivity index (χ2v) is 5.59. The molecule has 0 aliphatic carbocycles. The van der Waals surface area contributed by atoms with Crippen molar-refractivity contribution in [1.29, 1.82) is 0 Å². The smallest absolute Gasteiger partial charge is 0.214 e. The van der Waals surface area contributed by atoms with Gasteiger partial charge in [0.2, 0.25) is 10.1 Å². The fourth-order valence-corrected chi connectivity index (χ4v) is 3.21. The van der Waals surface area contributed by atoms with E-state index in [0.717, 1.165) is 28.9 Å². The van der Waals surface area contributed by atoms with Crippen LogP contribution in [0.4, 0.5) is 5.13 Å². The first-order chi connectivity index (χ1) is 8.11. The van der Waals surface area contributed by atoms with Crippen LogP contribution in [0.25, 0.3) is 4.96 Å². The van der Waals surface area contributed by atoms with Gasteiger partial charge >= 0.3 is 0 Å². The zero-order chi connectivity index (χ0) is 12.0. The van der Waals surface area contributed by atoms with Crippen LogP contribution in [0, 0.1) is 6.92 Å². The average molecular weight is 252 g/mol. The molecule has 2 atom stereocenters. The molecular weight excluding hydrogens is 236 g/mol. The molecule has 92 valence electrons. The van der Waals surface area contributed by atoms with E-state index in [0.29, 0.717) is 0 Å². The molecule has 3 rings (SSSR count). The van der Waals surface area contributed by atoms with E-state index in [4.69, 9.17) is 4.74 Å². The molecule has 6 heteroatoms. The third-order valence-electron chi connectivity index (χ3n) is 2.84. The molecule has 2 aromatic rings. The minimum atomic E-state index is 0.261. The molecule has 0 aromatic carbocycles. The second-order valence-electron chi connectivity index (χ2n) is 4.66. The van der Waals surface area contributed by atoms with Crippen molar-refractivity contribution in [3.05, 3.63) is 11.9 Å². The number of aryl methyl sites for hydroxylation is 1. The summed E-state index contributed by atoms with van der Waals surface area (Å²) in [6, 6.07) is 0. The van der Waals surface area contributed by atoms with Crippen molar-refractivity contribution >= 4 is 21.4 Å². The van der Waals surface area contributed by atoms with Gasteiger partial charge in [0.1, 0.15) is 0 Å². The molecule has 0 N–H and O–H groups in total. The number of ether oxygens (including phenoxy) is 1. The molecule has 2 aromatic heterocycles. The molecule has 0 unspecified atom stereocenters. The third-order valence-corrected chi connectivity index (χ3v) is 3.83. The summed E-state index contributed by atoms with van der Waals surface area (Å²) in [5.74, 6) is 0. The maximum Gasteiger partial charge on any atom is 0.214 e. The Hall–Kier alpha value is -1.14. The number of morpholine rings is 1. The highest BCUT2D eigenvalue weighted by molar-refractivity contribution is 7.20. The van der Waals surface area contributed by atoms with Gasteiger partial charge in [0, 0.05) is 13.1 Å². The maximum absolute atomic E-state index is 5.73. The highest BCUT2D eigenvalue weighted by atomic mass is 32.1. The zero-order valence-corrected chi connectivity index (χ0v) is 11.1. The van der Waals surface area contributed by atoms with E-state index < -0.39 is 0 Å². The Labute approximate surface area is 104 Å². The molecule has 1 aliphatic heterocycles. The number of aromatic nitrogens is 3. The van der Waals surface area contributed by atoms with Crippen molar-refractivity contribution in [2.24, 2.45) is 0 Å². The predicted octanol–water partition coefficient (Wildman–Crippen LogP) is 1.71. The lowest BCUT2D eigenvalue weighted by atomic mass is 10.2. The lowest BCUT2D eigenvalue weighted by Crippen LogP contribution is -2.45. The summed E-state index contributed by atoms with van der Waals surface area (Å²) in [6.07, 6.45) is 2.48. The first-order valence-corrected chi connectivity index (χ1v) is 6.66. The van der Waals surface area contributed by atoms with Crippen LogP contribution in [-0.4, -0.2) is 39.9 Å². The highest BCUT2D eigenvalue weighted by Crippen LogP contribution is 2.25. The average Bonchev–Trinajstić information content (AvgIpc) is 2.72. The van der Waals surface area contributed by atoms with Crippen LogP contribution < -0.4 is 4.90 Å². The number of hydrogen-bond acceptors (Lipinski definition) is 5. The van der Waals surface area contributed by atoms with Gasteiger partial charge in [0.25, 0.3) is 0 Å². The SMILES string of the molecule is Cc1cn2nc(N3C[C@@H](C)O[C@H](C)C3)sc2n1. The maximum atomic E-state index is 5.73. The number of anilines is 1. The van der Waals surface area contributed by atoms with E-state index in [2.05, 4.69) is 28.8 Å². The van der Waals surface area contributed by atoms with E-state index in [-0.39, 0.29) is 12.2 Å². The van der Waals surface area contributed by atoms with E-state index in [1.807, 2.05) is 17.6 Å². The summed E-state index contributed by atoms with van der Waals surface area (Å²) in [4.78, 5) is 7.68. The summed E-state index contributed by atoms with van der Waals surface area (Å²) in [5, 5.41) is 5.61. The van der Waals surface area contributed by atoms with Crippen LogP contribution in [0.15, 0.2) is 6.20 Å². The van der Waals surface area contributed by atoms with Crippen LogP contribution in [0.3, 0.4) is 0 Å². The number of imidazole rings is 1. The predicted molar refractivity (Wildman–Crippen MR) is 67.8 cm³/mol. The Bertz CT molecular complexity index is 493. The fraction of sp³-hybridized carbons (Fsp3) is 0.636. The van der Waals surface area contributed by atoms with Gasteiger partial charge in [-0.1, -0.05) is 11.3 Å². The molecule has 17 heavy (non-hydrogen) atoms. The van der Waals surface area contributed by atoms with Crippen LogP contribution in [0.2, 0.25) is 0 Å². The van der Waals surface area contributed by atoms with Gasteiger partial charge in [-0.2, -0.15) is 0 Å². The number of rotatable bonds is 1. The molecule has 1 fully saturated rings. The molecule has 0 radical (unpaired) electrons. The van der Waals surface area contributed by atoms with E-state index >= 15 is 0 Å². The summed E-state index contributed by atoms with van der Waals surface area (Å²) in [5.41, 5.74) is 1.01. The standard InChI is InChI=1S/C11H16N4OS/c1-7-4-15-10(12-7)17-11(13-15)14-5-8(2)16-9(3)6-14/h4,8-9H,5-6H2,1-3H3/t8-,9-/m1/s1. The van der Waals surface area contributed by atoms with E-state index in [9.17, 15) is 0 Å². The number of fused-ring (bicyclic) bond motifs is 1. The summed E-state index contributed by atoms with van der Waals surface area (Å²) < 4.78 is 7.59. The molecule has 1 aliphatic rings. The Morgan fingerprint density at radius 2 is 2.06 bits per heavy atom. The van der Waals surface area contributed by atoms with Crippen molar-refractivity contribution in [1.82, 2.24) is 14.6 Å². The Morgan fingerprint density at radius 1 is 1.35 bits per heavy atom. The molecule has 0 spiro atoms. The minimum Gasteiger partial charge on any atom is -0.372 e. The summed E-state index contributed by atoms with van der Waals surface area (Å²) in [7, 11) is 0. The fourth-order valence-electron chi connectivity index (χ4n) is 2.26. The summed E-state index contributed by atoms with van der Waals surface area (Å²) >= 11 is 1.64. The Kier molecular flexibility index (Phi) is 2.56. The topological polar surface area (TPSA) is 42.7 Å². The Morgan fingerprint density at radius 3 is 2.71 bits per heavy atom. The molecule has 0 saturated carbocycles. The molecule has 0 amide bonds. The van der Waals surface area contributed by atoms with Crippen molar-refractivity contribution in [3.8, 4) is 0 Å². The molecule has 5 nitrogen and oxygen atoms in total. The second kappa shape index (κ2) is 3.96. The number of hydrogen-bond donors (Lipinski definition) is 0. The van der Waals surface area contributed by atoms with Crippen LogP contribution in [0.1, 0.15) is 19.5 Å². The van der Waals surface area contributed by atoms with Gasteiger partial charge in [0.05, 0.1) is 24.1 Å². The normalized spacial score (nSPS) is 25.7.